The van der Waals surface area contributed by atoms with Crippen molar-refractivity contribution in [2.24, 2.45) is 40.4 Å². The summed E-state index contributed by atoms with van der Waals surface area (Å²) >= 11 is 0. The van der Waals surface area contributed by atoms with Crippen LogP contribution in [-0.2, 0) is 14.4 Å². The van der Waals surface area contributed by atoms with Crippen molar-refractivity contribution >= 4 is 17.3 Å². The Morgan fingerprint density at radius 2 is 1.96 bits per heavy atom. The summed E-state index contributed by atoms with van der Waals surface area (Å²) in [4.78, 5) is 37.5. The molecule has 0 unspecified atom stereocenters. The van der Waals surface area contributed by atoms with Gasteiger partial charge in [-0.15, -0.1) is 0 Å². The van der Waals surface area contributed by atoms with Gasteiger partial charge >= 0.3 is 0 Å². The van der Waals surface area contributed by atoms with Crippen LogP contribution in [0.1, 0.15) is 65.2 Å². The van der Waals surface area contributed by atoms with E-state index in [9.17, 15) is 19.5 Å². The highest BCUT2D eigenvalue weighted by Crippen LogP contribution is 2.66. The van der Waals surface area contributed by atoms with Crippen LogP contribution in [0.25, 0.3) is 0 Å². The molecule has 138 valence electrons. The smallest absolute Gasteiger partial charge is 0.137 e. The molecule has 0 aromatic rings. The Kier molecular flexibility index (Phi) is 3.99. The molecule has 0 heterocycles. The fraction of sp³-hybridized carbons (Fsp3) is 0.857. The molecule has 4 aliphatic carbocycles. The predicted molar refractivity (Wildman–Crippen MR) is 92.7 cm³/mol. The van der Waals surface area contributed by atoms with Crippen LogP contribution in [0, 0.1) is 40.4 Å². The van der Waals surface area contributed by atoms with Gasteiger partial charge in [0, 0.05) is 43.1 Å². The van der Waals surface area contributed by atoms with E-state index in [1.165, 1.54) is 0 Å². The number of carbonyl (C=O) groups excluding carboxylic acids is 3. The summed E-state index contributed by atoms with van der Waals surface area (Å²) in [6.07, 6.45) is 6.03. The van der Waals surface area contributed by atoms with Crippen molar-refractivity contribution in [3.05, 3.63) is 0 Å². The van der Waals surface area contributed by atoms with Crippen LogP contribution in [0.4, 0.5) is 0 Å². The zero-order valence-electron chi connectivity index (χ0n) is 15.4. The molecule has 1 N–H and O–H groups in total. The van der Waals surface area contributed by atoms with Gasteiger partial charge in [0.1, 0.15) is 17.3 Å². The van der Waals surface area contributed by atoms with E-state index < -0.39 is 0 Å². The van der Waals surface area contributed by atoms with E-state index in [1.54, 1.807) is 6.92 Å². The first-order valence-electron chi connectivity index (χ1n) is 9.99. The molecule has 25 heavy (non-hydrogen) atoms. The van der Waals surface area contributed by atoms with Crippen molar-refractivity contribution in [1.82, 2.24) is 0 Å². The minimum atomic E-state index is -0.385. The second-order valence-corrected chi connectivity index (χ2v) is 9.55. The van der Waals surface area contributed by atoms with E-state index in [1.807, 2.05) is 0 Å². The average molecular weight is 346 g/mol. The van der Waals surface area contributed by atoms with Crippen LogP contribution in [0.15, 0.2) is 0 Å². The molecule has 0 bridgehead atoms. The summed E-state index contributed by atoms with van der Waals surface area (Å²) in [5.74, 6) is 1.54. The largest absolute Gasteiger partial charge is 0.396 e. The number of hydrogen-bond donors (Lipinski definition) is 1. The monoisotopic (exact) mass is 346 g/mol. The van der Waals surface area contributed by atoms with E-state index in [4.69, 9.17) is 0 Å². The average Bonchev–Trinajstić information content (AvgIpc) is 2.91. The van der Waals surface area contributed by atoms with Crippen molar-refractivity contribution < 1.29 is 19.5 Å². The van der Waals surface area contributed by atoms with Gasteiger partial charge < -0.3 is 5.11 Å². The normalized spacial score (nSPS) is 49.3. The van der Waals surface area contributed by atoms with Crippen LogP contribution < -0.4 is 0 Å². The molecule has 4 nitrogen and oxygen atoms in total. The third-order valence-electron chi connectivity index (χ3n) is 8.67. The number of ketones is 3. The van der Waals surface area contributed by atoms with Crippen molar-refractivity contribution in [2.45, 2.75) is 65.2 Å². The SMILES string of the molecule is CC(=O)[C@H]1CC[C@H]2[C@@H]3CC[C@H]4CC(=O)CC[C@]4(CO)[C@H]3C(=O)C[C@]12C. The first-order valence-corrected chi connectivity index (χ1v) is 9.99. The summed E-state index contributed by atoms with van der Waals surface area (Å²) in [7, 11) is 0. The van der Waals surface area contributed by atoms with Crippen molar-refractivity contribution in [2.75, 3.05) is 6.61 Å². The molecule has 0 radical (unpaired) electrons. The van der Waals surface area contributed by atoms with Gasteiger partial charge in [0.15, 0.2) is 0 Å². The van der Waals surface area contributed by atoms with E-state index in [-0.39, 0.29) is 58.5 Å². The Bertz CT molecular complexity index is 625. The van der Waals surface area contributed by atoms with Crippen LogP contribution in [0.5, 0.6) is 0 Å². The number of fused-ring (bicyclic) bond motifs is 5. The molecule has 0 spiro atoms. The predicted octanol–water partition coefficient (Wildman–Crippen LogP) is 2.95. The Morgan fingerprint density at radius 3 is 2.64 bits per heavy atom. The molecule has 4 heteroatoms. The molecule has 4 rings (SSSR count). The molecular weight excluding hydrogens is 316 g/mol. The highest BCUT2D eigenvalue weighted by molar-refractivity contribution is 5.88. The van der Waals surface area contributed by atoms with E-state index in [2.05, 4.69) is 6.92 Å². The number of Topliss-reactive ketones (excluding diaryl/α,β-unsaturated/α-hetero) is 3. The van der Waals surface area contributed by atoms with Crippen LogP contribution in [0.3, 0.4) is 0 Å². The number of aliphatic hydroxyl groups is 1. The quantitative estimate of drug-likeness (QED) is 0.834. The molecule has 0 amide bonds. The van der Waals surface area contributed by atoms with Crippen LogP contribution in [-0.4, -0.2) is 29.1 Å². The van der Waals surface area contributed by atoms with E-state index >= 15 is 0 Å². The maximum absolute atomic E-state index is 13.3. The Morgan fingerprint density at radius 1 is 1.20 bits per heavy atom. The number of hydrogen-bond acceptors (Lipinski definition) is 4. The second-order valence-electron chi connectivity index (χ2n) is 9.55. The van der Waals surface area contributed by atoms with Crippen LogP contribution >= 0.6 is 0 Å². The van der Waals surface area contributed by atoms with Crippen LogP contribution in [0.2, 0.25) is 0 Å². The second kappa shape index (κ2) is 5.73. The van der Waals surface area contributed by atoms with Crippen molar-refractivity contribution in [3.63, 3.8) is 0 Å². The van der Waals surface area contributed by atoms with Gasteiger partial charge in [-0.05, 0) is 62.2 Å². The molecule has 0 aromatic carbocycles. The minimum absolute atomic E-state index is 0.0122. The first-order chi connectivity index (χ1) is 11.8. The van der Waals surface area contributed by atoms with E-state index in [0.29, 0.717) is 31.6 Å². The minimum Gasteiger partial charge on any atom is -0.396 e. The summed E-state index contributed by atoms with van der Waals surface area (Å²) in [5, 5.41) is 10.3. The van der Waals surface area contributed by atoms with Gasteiger partial charge in [0.25, 0.3) is 0 Å². The van der Waals surface area contributed by atoms with Gasteiger partial charge in [0.2, 0.25) is 0 Å². The molecule has 0 saturated heterocycles. The molecule has 4 saturated carbocycles. The molecule has 4 fully saturated rings. The lowest BCUT2D eigenvalue weighted by Crippen LogP contribution is -2.60. The summed E-state index contributed by atoms with van der Waals surface area (Å²) in [6.45, 7) is 3.86. The third kappa shape index (κ3) is 2.25. The van der Waals surface area contributed by atoms with Crippen molar-refractivity contribution in [1.29, 1.82) is 0 Å². The molecule has 4 aliphatic rings. The van der Waals surface area contributed by atoms with E-state index in [0.717, 1.165) is 25.7 Å². The van der Waals surface area contributed by atoms with Gasteiger partial charge in [-0.2, -0.15) is 0 Å². The number of aliphatic hydroxyl groups excluding tert-OH is 1. The Hall–Kier alpha value is -1.03. The molecular formula is C21H30O4. The van der Waals surface area contributed by atoms with Gasteiger partial charge in [-0.1, -0.05) is 6.92 Å². The maximum Gasteiger partial charge on any atom is 0.137 e. The number of rotatable bonds is 2. The highest BCUT2D eigenvalue weighted by Gasteiger charge is 2.64. The Balaban J connectivity index is 1.72. The first kappa shape index (κ1) is 17.4. The van der Waals surface area contributed by atoms with Gasteiger partial charge in [-0.3, -0.25) is 14.4 Å². The lowest BCUT2D eigenvalue weighted by Gasteiger charge is -2.59. The highest BCUT2D eigenvalue weighted by atomic mass is 16.3. The summed E-state index contributed by atoms with van der Waals surface area (Å²) in [5.41, 5.74) is -0.582. The third-order valence-corrected chi connectivity index (χ3v) is 8.67. The van der Waals surface area contributed by atoms with Gasteiger partial charge in [0.05, 0.1) is 0 Å². The van der Waals surface area contributed by atoms with Gasteiger partial charge in [-0.25, -0.2) is 0 Å². The Labute approximate surface area is 149 Å². The topological polar surface area (TPSA) is 71.4 Å². The lowest BCUT2D eigenvalue weighted by molar-refractivity contribution is -0.169. The lowest BCUT2D eigenvalue weighted by atomic mass is 9.44. The summed E-state index contributed by atoms with van der Waals surface area (Å²) < 4.78 is 0. The summed E-state index contributed by atoms with van der Waals surface area (Å²) in [6, 6.07) is 0. The van der Waals surface area contributed by atoms with Crippen molar-refractivity contribution in [3.8, 4) is 0 Å². The zero-order valence-corrected chi connectivity index (χ0v) is 15.4. The fourth-order valence-electron chi connectivity index (χ4n) is 7.62. The zero-order chi connectivity index (χ0) is 18.0. The standard InChI is InChI=1S/C21H30O4/c1-12(23)16-5-6-17-15-4-3-13-9-14(24)7-8-21(13,11-22)19(15)18(25)10-20(16,17)2/h13,15-17,19,22H,3-11H2,1-2H3/t13-,15-,16+,17-,19+,20+,21+/m0/s1. The number of carbonyl (C=O) groups is 3. The fourth-order valence-corrected chi connectivity index (χ4v) is 7.62. The molecule has 0 aliphatic heterocycles. The molecule has 7 atom stereocenters. The molecule has 0 aromatic heterocycles. The maximum atomic E-state index is 13.3.